The van der Waals surface area contributed by atoms with E-state index < -0.39 is 0 Å². The highest BCUT2D eigenvalue weighted by molar-refractivity contribution is 5.94. The molecule has 110 valence electrons. The van der Waals surface area contributed by atoms with E-state index in [9.17, 15) is 4.79 Å². The van der Waals surface area contributed by atoms with Gasteiger partial charge in [-0.15, -0.1) is 0 Å². The number of aryl methyl sites for hydroxylation is 3. The molecule has 3 rings (SSSR count). The number of hydrogen-bond donors (Lipinski definition) is 1. The molecule has 1 aliphatic carbocycles. The summed E-state index contributed by atoms with van der Waals surface area (Å²) in [4.78, 5) is 18.4. The second-order valence-electron chi connectivity index (χ2n) is 5.69. The molecule has 0 atom stereocenters. The van der Waals surface area contributed by atoms with Gasteiger partial charge in [-0.05, 0) is 55.9 Å². The monoisotopic (exact) mass is 284 g/mol. The van der Waals surface area contributed by atoms with Gasteiger partial charge in [-0.25, -0.2) is 4.98 Å². The molecule has 0 saturated heterocycles. The zero-order valence-corrected chi connectivity index (χ0v) is 12.5. The molecule has 1 aromatic heterocycles. The van der Waals surface area contributed by atoms with Crippen molar-refractivity contribution < 1.29 is 4.79 Å². The van der Waals surface area contributed by atoms with Crippen molar-refractivity contribution >= 4 is 5.91 Å². The Morgan fingerprint density at radius 2 is 2.05 bits per heavy atom. The lowest BCUT2D eigenvalue weighted by atomic mass is 9.90. The first-order valence-corrected chi connectivity index (χ1v) is 7.38. The van der Waals surface area contributed by atoms with Crippen molar-refractivity contribution in [2.45, 2.75) is 39.2 Å². The highest BCUT2D eigenvalue weighted by Gasteiger charge is 2.17. The summed E-state index contributed by atoms with van der Waals surface area (Å²) in [6.07, 6.45) is 4.69. The van der Waals surface area contributed by atoms with Crippen molar-refractivity contribution in [2.24, 2.45) is 0 Å². The Balaban J connectivity index is 1.75. The van der Waals surface area contributed by atoms with E-state index in [4.69, 9.17) is 0 Å². The van der Waals surface area contributed by atoms with Crippen molar-refractivity contribution in [2.75, 3.05) is 7.05 Å². The standard InChI is InChI=1S/C16H20N4O/c1-11-17-15(19-18-11)10-20(2)16(21)14-8-7-12-5-3-4-6-13(12)9-14/h7-9H,3-6,10H2,1-2H3,(H,17,18,19). The van der Waals surface area contributed by atoms with Crippen LogP contribution in [0.1, 0.15) is 46.0 Å². The van der Waals surface area contributed by atoms with Crippen LogP contribution in [0, 0.1) is 6.92 Å². The van der Waals surface area contributed by atoms with E-state index in [-0.39, 0.29) is 5.91 Å². The minimum atomic E-state index is 0.0193. The summed E-state index contributed by atoms with van der Waals surface area (Å²) < 4.78 is 0. The number of carbonyl (C=O) groups is 1. The van der Waals surface area contributed by atoms with Crippen molar-refractivity contribution in [1.29, 1.82) is 0 Å². The van der Waals surface area contributed by atoms with Crippen LogP contribution in [-0.2, 0) is 19.4 Å². The molecule has 1 aromatic carbocycles. The molecule has 2 aromatic rings. The molecule has 5 heteroatoms. The SMILES string of the molecule is Cc1nc(CN(C)C(=O)c2ccc3c(c2)CCCC3)n[nH]1. The van der Waals surface area contributed by atoms with E-state index in [0.29, 0.717) is 12.4 Å². The molecule has 0 saturated carbocycles. The number of fused-ring (bicyclic) bond motifs is 1. The number of aromatic nitrogens is 3. The van der Waals surface area contributed by atoms with Gasteiger partial charge >= 0.3 is 0 Å². The second-order valence-corrected chi connectivity index (χ2v) is 5.69. The Bertz CT molecular complexity index is 662. The molecule has 1 aliphatic rings. The van der Waals surface area contributed by atoms with Crippen LogP contribution in [0.4, 0.5) is 0 Å². The van der Waals surface area contributed by atoms with Gasteiger partial charge < -0.3 is 4.90 Å². The summed E-state index contributed by atoms with van der Waals surface area (Å²) in [6, 6.07) is 6.09. The fraction of sp³-hybridized carbons (Fsp3) is 0.438. The normalized spacial score (nSPS) is 13.8. The number of hydrogen-bond acceptors (Lipinski definition) is 3. The molecule has 0 unspecified atom stereocenters. The van der Waals surface area contributed by atoms with Crippen LogP contribution >= 0.6 is 0 Å². The Morgan fingerprint density at radius 1 is 1.29 bits per heavy atom. The largest absolute Gasteiger partial charge is 0.334 e. The Hall–Kier alpha value is -2.17. The first kappa shape index (κ1) is 13.8. The first-order chi connectivity index (χ1) is 10.1. The van der Waals surface area contributed by atoms with Crippen molar-refractivity contribution in [3.05, 3.63) is 46.5 Å². The quantitative estimate of drug-likeness (QED) is 0.940. The predicted octanol–water partition coefficient (Wildman–Crippen LogP) is 2.26. The van der Waals surface area contributed by atoms with Crippen LogP contribution < -0.4 is 0 Å². The maximum atomic E-state index is 12.5. The van der Waals surface area contributed by atoms with Crippen LogP contribution in [0.25, 0.3) is 0 Å². The Morgan fingerprint density at radius 3 is 2.76 bits per heavy atom. The van der Waals surface area contributed by atoms with E-state index in [0.717, 1.165) is 24.2 Å². The van der Waals surface area contributed by atoms with Gasteiger partial charge in [0, 0.05) is 12.6 Å². The van der Waals surface area contributed by atoms with Crippen LogP contribution in [0.15, 0.2) is 18.2 Å². The van der Waals surface area contributed by atoms with Gasteiger partial charge in [0.15, 0.2) is 5.82 Å². The lowest BCUT2D eigenvalue weighted by Gasteiger charge is -2.19. The smallest absolute Gasteiger partial charge is 0.254 e. The minimum absolute atomic E-state index is 0.0193. The predicted molar refractivity (Wildman–Crippen MR) is 80.0 cm³/mol. The average molecular weight is 284 g/mol. The molecule has 0 fully saturated rings. The molecule has 1 heterocycles. The average Bonchev–Trinajstić information content (AvgIpc) is 2.91. The molecular weight excluding hydrogens is 264 g/mol. The van der Waals surface area contributed by atoms with Crippen LogP contribution in [0.5, 0.6) is 0 Å². The molecule has 1 amide bonds. The molecule has 0 aliphatic heterocycles. The van der Waals surface area contributed by atoms with Gasteiger partial charge in [0.2, 0.25) is 0 Å². The highest BCUT2D eigenvalue weighted by atomic mass is 16.2. The van der Waals surface area contributed by atoms with Crippen LogP contribution in [0.3, 0.4) is 0 Å². The second kappa shape index (κ2) is 5.68. The Kier molecular flexibility index (Phi) is 3.73. The lowest BCUT2D eigenvalue weighted by molar-refractivity contribution is 0.0781. The zero-order chi connectivity index (χ0) is 14.8. The van der Waals surface area contributed by atoms with E-state index >= 15 is 0 Å². The maximum Gasteiger partial charge on any atom is 0.254 e. The number of nitrogens with zero attached hydrogens (tertiary/aromatic N) is 3. The molecule has 0 bridgehead atoms. The molecule has 5 nitrogen and oxygen atoms in total. The van der Waals surface area contributed by atoms with E-state index in [1.807, 2.05) is 13.0 Å². The molecule has 1 N–H and O–H groups in total. The summed E-state index contributed by atoms with van der Waals surface area (Å²) >= 11 is 0. The molecular formula is C16H20N4O. The maximum absolute atomic E-state index is 12.5. The summed E-state index contributed by atoms with van der Waals surface area (Å²) in [5, 5.41) is 6.87. The van der Waals surface area contributed by atoms with Gasteiger partial charge in [0.25, 0.3) is 5.91 Å². The number of aromatic amines is 1. The van der Waals surface area contributed by atoms with Crippen molar-refractivity contribution in [3.63, 3.8) is 0 Å². The topological polar surface area (TPSA) is 61.9 Å². The third-order valence-electron chi connectivity index (χ3n) is 3.96. The number of benzene rings is 1. The number of nitrogens with one attached hydrogen (secondary N) is 1. The number of amides is 1. The fourth-order valence-corrected chi connectivity index (χ4v) is 2.83. The van der Waals surface area contributed by atoms with Crippen LogP contribution in [-0.4, -0.2) is 33.0 Å². The third kappa shape index (κ3) is 2.96. The van der Waals surface area contributed by atoms with Gasteiger partial charge in [0.1, 0.15) is 5.82 Å². The third-order valence-corrected chi connectivity index (χ3v) is 3.96. The lowest BCUT2D eigenvalue weighted by Crippen LogP contribution is -2.27. The van der Waals surface area contributed by atoms with Gasteiger partial charge in [-0.2, -0.15) is 5.10 Å². The van der Waals surface area contributed by atoms with Crippen molar-refractivity contribution in [1.82, 2.24) is 20.1 Å². The van der Waals surface area contributed by atoms with Crippen LogP contribution in [0.2, 0.25) is 0 Å². The van der Waals surface area contributed by atoms with E-state index in [1.165, 1.54) is 24.0 Å². The number of rotatable bonds is 3. The minimum Gasteiger partial charge on any atom is -0.334 e. The van der Waals surface area contributed by atoms with Gasteiger partial charge in [0.05, 0.1) is 6.54 Å². The number of H-pyrrole nitrogens is 1. The fourth-order valence-electron chi connectivity index (χ4n) is 2.83. The molecule has 21 heavy (non-hydrogen) atoms. The van der Waals surface area contributed by atoms with E-state index in [2.05, 4.69) is 27.3 Å². The highest BCUT2D eigenvalue weighted by Crippen LogP contribution is 2.22. The zero-order valence-electron chi connectivity index (χ0n) is 12.5. The Labute approximate surface area is 124 Å². The molecule has 0 radical (unpaired) electrons. The summed E-state index contributed by atoms with van der Waals surface area (Å²) in [7, 11) is 1.79. The first-order valence-electron chi connectivity index (χ1n) is 7.38. The summed E-state index contributed by atoms with van der Waals surface area (Å²) in [5.74, 6) is 1.42. The summed E-state index contributed by atoms with van der Waals surface area (Å²) in [6.45, 7) is 2.27. The number of carbonyl (C=O) groups excluding carboxylic acids is 1. The van der Waals surface area contributed by atoms with Gasteiger partial charge in [-0.1, -0.05) is 6.07 Å². The van der Waals surface area contributed by atoms with E-state index in [1.54, 1.807) is 11.9 Å². The van der Waals surface area contributed by atoms with Crippen molar-refractivity contribution in [3.8, 4) is 0 Å². The van der Waals surface area contributed by atoms with Gasteiger partial charge in [-0.3, -0.25) is 9.89 Å². The summed E-state index contributed by atoms with van der Waals surface area (Å²) in [5.41, 5.74) is 3.48. The molecule has 0 spiro atoms.